The number of ether oxygens (including phenoxy) is 3. The maximum Gasteiger partial charge on any atom is 0.237 e. The Bertz CT molecular complexity index is 547. The van der Waals surface area contributed by atoms with Crippen LogP contribution >= 0.6 is 15.9 Å². The zero-order valence-electron chi connectivity index (χ0n) is 13.4. The average molecular weight is 387 g/mol. The molecule has 128 valence electrons. The fourth-order valence-corrected chi connectivity index (χ4v) is 3.08. The number of carbonyl (C=O) groups excluding carboxylic acids is 1. The molecule has 0 radical (unpaired) electrons. The molecular weight excluding hydrogens is 364 g/mol. The number of rotatable bonds is 6. The summed E-state index contributed by atoms with van der Waals surface area (Å²) in [5.74, 6) is 1.29. The molecule has 0 bridgehead atoms. The SMILES string of the molecule is COc1cc(Br)c(CNC(=O)C(N)C2CCOCC2)cc1OC. The summed E-state index contributed by atoms with van der Waals surface area (Å²) in [4.78, 5) is 12.3. The molecule has 1 saturated heterocycles. The minimum atomic E-state index is -0.502. The number of carbonyl (C=O) groups is 1. The largest absolute Gasteiger partial charge is 0.493 e. The Balaban J connectivity index is 1.98. The summed E-state index contributed by atoms with van der Waals surface area (Å²) in [7, 11) is 3.16. The highest BCUT2D eigenvalue weighted by Gasteiger charge is 2.26. The summed E-state index contributed by atoms with van der Waals surface area (Å²) in [6, 6.07) is 3.15. The van der Waals surface area contributed by atoms with Gasteiger partial charge in [0.25, 0.3) is 0 Å². The second-order valence-corrected chi connectivity index (χ2v) is 6.35. The third kappa shape index (κ3) is 4.59. The molecule has 1 aliphatic heterocycles. The number of hydrogen-bond acceptors (Lipinski definition) is 5. The quantitative estimate of drug-likeness (QED) is 0.779. The van der Waals surface area contributed by atoms with Crippen LogP contribution < -0.4 is 20.5 Å². The maximum atomic E-state index is 12.3. The molecule has 1 aliphatic rings. The van der Waals surface area contributed by atoms with Gasteiger partial charge in [0.15, 0.2) is 11.5 Å². The van der Waals surface area contributed by atoms with Crippen molar-refractivity contribution in [1.29, 1.82) is 0 Å². The molecule has 0 aromatic heterocycles. The van der Waals surface area contributed by atoms with Crippen molar-refractivity contribution in [3.63, 3.8) is 0 Å². The van der Waals surface area contributed by atoms with E-state index in [0.717, 1.165) is 22.9 Å². The number of nitrogens with one attached hydrogen (secondary N) is 1. The van der Waals surface area contributed by atoms with Crippen LogP contribution in [0.25, 0.3) is 0 Å². The van der Waals surface area contributed by atoms with Crippen molar-refractivity contribution in [1.82, 2.24) is 5.32 Å². The molecule has 6 nitrogen and oxygen atoms in total. The maximum absolute atomic E-state index is 12.3. The van der Waals surface area contributed by atoms with Crippen LogP contribution in [0, 0.1) is 5.92 Å². The number of benzene rings is 1. The van der Waals surface area contributed by atoms with E-state index in [1.165, 1.54) is 0 Å². The minimum absolute atomic E-state index is 0.140. The van der Waals surface area contributed by atoms with Gasteiger partial charge in [-0.1, -0.05) is 15.9 Å². The lowest BCUT2D eigenvalue weighted by atomic mass is 9.92. The van der Waals surface area contributed by atoms with Crippen molar-refractivity contribution in [2.24, 2.45) is 11.7 Å². The van der Waals surface area contributed by atoms with Gasteiger partial charge in [0.1, 0.15) is 0 Å². The van der Waals surface area contributed by atoms with Gasteiger partial charge in [-0.2, -0.15) is 0 Å². The van der Waals surface area contributed by atoms with Crippen molar-refractivity contribution in [2.45, 2.75) is 25.4 Å². The first-order chi connectivity index (χ1) is 11.1. The molecule has 1 amide bonds. The minimum Gasteiger partial charge on any atom is -0.493 e. The van der Waals surface area contributed by atoms with Crippen molar-refractivity contribution in [3.05, 3.63) is 22.2 Å². The first kappa shape index (κ1) is 18.0. The van der Waals surface area contributed by atoms with E-state index in [2.05, 4.69) is 21.2 Å². The highest BCUT2D eigenvalue weighted by atomic mass is 79.9. The van der Waals surface area contributed by atoms with Gasteiger partial charge < -0.3 is 25.3 Å². The van der Waals surface area contributed by atoms with E-state index in [1.54, 1.807) is 14.2 Å². The van der Waals surface area contributed by atoms with Crippen LogP contribution in [0.4, 0.5) is 0 Å². The van der Waals surface area contributed by atoms with Gasteiger partial charge in [-0.15, -0.1) is 0 Å². The molecule has 3 N–H and O–H groups in total. The van der Waals surface area contributed by atoms with Crippen LogP contribution in [0.15, 0.2) is 16.6 Å². The topological polar surface area (TPSA) is 82.8 Å². The van der Waals surface area contributed by atoms with E-state index in [0.29, 0.717) is 31.3 Å². The molecule has 1 fully saturated rings. The van der Waals surface area contributed by atoms with Gasteiger partial charge >= 0.3 is 0 Å². The van der Waals surface area contributed by atoms with Crippen LogP contribution in [-0.2, 0) is 16.1 Å². The first-order valence-electron chi connectivity index (χ1n) is 7.58. The lowest BCUT2D eigenvalue weighted by Crippen LogP contribution is -2.46. The second-order valence-electron chi connectivity index (χ2n) is 5.49. The summed E-state index contributed by atoms with van der Waals surface area (Å²) >= 11 is 3.48. The predicted molar refractivity (Wildman–Crippen MR) is 90.6 cm³/mol. The van der Waals surface area contributed by atoms with Crippen molar-refractivity contribution >= 4 is 21.8 Å². The molecule has 1 aromatic carbocycles. The molecule has 0 spiro atoms. The Morgan fingerprint density at radius 2 is 1.96 bits per heavy atom. The highest BCUT2D eigenvalue weighted by Crippen LogP contribution is 2.33. The van der Waals surface area contributed by atoms with Crippen molar-refractivity contribution in [2.75, 3.05) is 27.4 Å². The molecule has 1 heterocycles. The van der Waals surface area contributed by atoms with E-state index >= 15 is 0 Å². The highest BCUT2D eigenvalue weighted by molar-refractivity contribution is 9.10. The number of halogens is 1. The Kier molecular flexibility index (Phi) is 6.68. The van der Waals surface area contributed by atoms with Gasteiger partial charge in [0.05, 0.1) is 20.3 Å². The van der Waals surface area contributed by atoms with E-state index in [-0.39, 0.29) is 11.8 Å². The number of nitrogens with two attached hydrogens (primary N) is 1. The van der Waals surface area contributed by atoms with Crippen LogP contribution in [-0.4, -0.2) is 39.4 Å². The van der Waals surface area contributed by atoms with Crippen LogP contribution in [0.1, 0.15) is 18.4 Å². The van der Waals surface area contributed by atoms with Gasteiger partial charge in [0, 0.05) is 24.2 Å². The zero-order valence-corrected chi connectivity index (χ0v) is 15.0. The van der Waals surface area contributed by atoms with Crippen molar-refractivity contribution < 1.29 is 19.0 Å². The van der Waals surface area contributed by atoms with Gasteiger partial charge in [-0.25, -0.2) is 0 Å². The number of hydrogen-bond donors (Lipinski definition) is 2. The Morgan fingerprint density at radius 3 is 2.57 bits per heavy atom. The molecule has 7 heteroatoms. The predicted octanol–water partition coefficient (Wildman–Crippen LogP) is 1.84. The van der Waals surface area contributed by atoms with E-state index < -0.39 is 6.04 Å². The summed E-state index contributed by atoms with van der Waals surface area (Å²) < 4.78 is 16.7. The van der Waals surface area contributed by atoms with Crippen LogP contribution in [0.5, 0.6) is 11.5 Å². The molecule has 0 aliphatic carbocycles. The fraction of sp³-hybridized carbons (Fsp3) is 0.562. The third-order valence-corrected chi connectivity index (χ3v) is 4.82. The lowest BCUT2D eigenvalue weighted by Gasteiger charge is -2.26. The molecule has 1 atom stereocenters. The molecule has 2 rings (SSSR count). The zero-order chi connectivity index (χ0) is 16.8. The normalized spacial score (nSPS) is 16.7. The smallest absolute Gasteiger partial charge is 0.237 e. The Hall–Kier alpha value is -1.31. The summed E-state index contributed by atoms with van der Waals surface area (Å²) in [5.41, 5.74) is 6.97. The van der Waals surface area contributed by atoms with Gasteiger partial charge in [-0.3, -0.25) is 4.79 Å². The third-order valence-electron chi connectivity index (χ3n) is 4.08. The number of amides is 1. The van der Waals surface area contributed by atoms with Gasteiger partial charge in [0.2, 0.25) is 5.91 Å². The fourth-order valence-electron chi connectivity index (χ4n) is 2.62. The summed E-state index contributed by atoms with van der Waals surface area (Å²) in [6.45, 7) is 1.72. The second kappa shape index (κ2) is 8.52. The average Bonchev–Trinajstić information content (AvgIpc) is 2.60. The Labute approximate surface area is 144 Å². The summed E-state index contributed by atoms with van der Waals surface area (Å²) in [5, 5.41) is 2.89. The van der Waals surface area contributed by atoms with E-state index in [4.69, 9.17) is 19.9 Å². The van der Waals surface area contributed by atoms with E-state index in [9.17, 15) is 4.79 Å². The first-order valence-corrected chi connectivity index (χ1v) is 8.37. The molecule has 0 saturated carbocycles. The molecular formula is C16H23BrN2O4. The molecule has 1 aromatic rings. The van der Waals surface area contributed by atoms with Crippen LogP contribution in [0.2, 0.25) is 0 Å². The van der Waals surface area contributed by atoms with E-state index in [1.807, 2.05) is 12.1 Å². The summed E-state index contributed by atoms with van der Waals surface area (Å²) in [6.07, 6.45) is 1.66. The standard InChI is InChI=1S/C16H23BrN2O4/c1-21-13-7-11(12(17)8-14(13)22-2)9-19-16(20)15(18)10-3-5-23-6-4-10/h7-8,10,15H,3-6,9,18H2,1-2H3,(H,19,20). The lowest BCUT2D eigenvalue weighted by molar-refractivity contribution is -0.124. The number of methoxy groups -OCH3 is 2. The monoisotopic (exact) mass is 386 g/mol. The van der Waals surface area contributed by atoms with Crippen molar-refractivity contribution in [3.8, 4) is 11.5 Å². The van der Waals surface area contributed by atoms with Gasteiger partial charge in [-0.05, 0) is 36.5 Å². The molecule has 1 unspecified atom stereocenters. The molecule has 23 heavy (non-hydrogen) atoms. The Morgan fingerprint density at radius 1 is 1.35 bits per heavy atom. The van der Waals surface area contributed by atoms with Crippen LogP contribution in [0.3, 0.4) is 0 Å².